The number of nitrogens with zero attached hydrogens (tertiary/aromatic N) is 3. The fourth-order valence-electron chi connectivity index (χ4n) is 5.76. The van der Waals surface area contributed by atoms with Crippen molar-refractivity contribution in [2.75, 3.05) is 38.4 Å². The number of hydrogen-bond donors (Lipinski definition) is 1. The summed E-state index contributed by atoms with van der Waals surface area (Å²) in [5.41, 5.74) is 10.4. The van der Waals surface area contributed by atoms with E-state index >= 15 is 0 Å². The molecule has 250 valence electrons. The minimum Gasteiger partial charge on any atom is -0.379 e. The van der Waals surface area contributed by atoms with Crippen molar-refractivity contribution in [3.63, 3.8) is 0 Å². The van der Waals surface area contributed by atoms with E-state index in [1.807, 2.05) is 97.7 Å². The Labute approximate surface area is 282 Å². The second-order valence-corrected chi connectivity index (χ2v) is 13.0. The monoisotopic (exact) mass is 648 g/mol. The van der Waals surface area contributed by atoms with Crippen LogP contribution in [-0.2, 0) is 9.47 Å². The number of benzene rings is 4. The van der Waals surface area contributed by atoms with Gasteiger partial charge in [-0.1, -0.05) is 60.7 Å². The number of nitrogens with two attached hydrogens (primary N) is 1. The van der Waals surface area contributed by atoms with Gasteiger partial charge in [-0.2, -0.15) is 0 Å². The van der Waals surface area contributed by atoms with Gasteiger partial charge in [-0.05, 0) is 98.0 Å². The van der Waals surface area contributed by atoms with Crippen molar-refractivity contribution in [2.24, 2.45) is 17.6 Å². The molecule has 0 unspecified atom stereocenters. The van der Waals surface area contributed by atoms with Crippen molar-refractivity contribution < 1.29 is 13.9 Å². The van der Waals surface area contributed by atoms with E-state index in [4.69, 9.17) is 20.2 Å². The SMILES string of the molecule is Cc1nc2ccc(N(C)c3ccc(F)cc3)cc2c(=O)n1[C@H](COCC1CC1)c1ccccc1.N[C@H](COCC1CC1)c1ccccc1. The summed E-state index contributed by atoms with van der Waals surface area (Å²) >= 11 is 0. The lowest BCUT2D eigenvalue weighted by atomic mass is 10.1. The standard InChI is InChI=1S/C28H28FN3O2.C12H17NO/c1-19-30-26-15-14-24(31(2)23-12-10-22(29)11-13-23)16-25(26)28(33)32(19)27(18-34-17-20-8-9-20)21-6-4-3-5-7-21;13-12(9-14-8-10-6-7-10)11-4-2-1-3-5-11/h3-7,10-16,20,27H,8-9,17-18H2,1-2H3;1-5,10,12H,6-9,13H2/t27-;12-/m11/s1. The first kappa shape index (κ1) is 33.5. The van der Waals surface area contributed by atoms with Crippen LogP contribution in [0.15, 0.2) is 108 Å². The first-order valence-corrected chi connectivity index (χ1v) is 16.9. The zero-order chi connectivity index (χ0) is 33.5. The number of rotatable bonds is 13. The molecule has 0 bridgehead atoms. The Kier molecular flexibility index (Phi) is 11.0. The van der Waals surface area contributed by atoms with Crippen molar-refractivity contribution in [3.8, 4) is 0 Å². The van der Waals surface area contributed by atoms with Crippen molar-refractivity contribution in [1.82, 2.24) is 9.55 Å². The molecule has 7 rings (SSSR count). The molecule has 2 N–H and O–H groups in total. The van der Waals surface area contributed by atoms with Crippen molar-refractivity contribution in [3.05, 3.63) is 136 Å². The molecule has 2 fully saturated rings. The van der Waals surface area contributed by atoms with Gasteiger partial charge in [0.15, 0.2) is 0 Å². The number of aromatic nitrogens is 2. The summed E-state index contributed by atoms with van der Waals surface area (Å²) in [5, 5.41) is 0.542. The predicted octanol–water partition coefficient (Wildman–Crippen LogP) is 7.74. The van der Waals surface area contributed by atoms with Gasteiger partial charge in [-0.3, -0.25) is 9.36 Å². The van der Waals surface area contributed by atoms with E-state index in [1.165, 1.54) is 37.8 Å². The minimum atomic E-state index is -0.283. The molecule has 0 radical (unpaired) electrons. The third kappa shape index (κ3) is 8.75. The molecule has 2 aliphatic carbocycles. The maximum absolute atomic E-state index is 13.8. The van der Waals surface area contributed by atoms with Gasteiger partial charge in [-0.25, -0.2) is 9.37 Å². The van der Waals surface area contributed by atoms with Crippen LogP contribution in [-0.4, -0.2) is 43.0 Å². The molecule has 2 saturated carbocycles. The van der Waals surface area contributed by atoms with E-state index in [1.54, 1.807) is 16.7 Å². The van der Waals surface area contributed by atoms with E-state index in [-0.39, 0.29) is 23.5 Å². The van der Waals surface area contributed by atoms with Crippen LogP contribution in [0.1, 0.15) is 54.7 Å². The average molecular weight is 649 g/mol. The molecule has 48 heavy (non-hydrogen) atoms. The summed E-state index contributed by atoms with van der Waals surface area (Å²) in [6.45, 7) is 4.55. The average Bonchev–Trinajstić information content (AvgIpc) is 4.06. The summed E-state index contributed by atoms with van der Waals surface area (Å²) < 4.78 is 26.7. The third-order valence-corrected chi connectivity index (χ3v) is 9.06. The highest BCUT2D eigenvalue weighted by molar-refractivity contribution is 5.83. The molecule has 1 heterocycles. The fourth-order valence-corrected chi connectivity index (χ4v) is 5.76. The number of anilines is 2. The molecular weight excluding hydrogens is 603 g/mol. The van der Waals surface area contributed by atoms with Gasteiger partial charge in [0.05, 0.1) is 36.2 Å². The maximum atomic E-state index is 13.8. The molecule has 8 heteroatoms. The molecule has 5 aromatic rings. The quantitative estimate of drug-likeness (QED) is 0.141. The highest BCUT2D eigenvalue weighted by Gasteiger charge is 2.25. The maximum Gasteiger partial charge on any atom is 0.262 e. The molecule has 4 aromatic carbocycles. The smallest absolute Gasteiger partial charge is 0.262 e. The Morgan fingerprint density at radius 1 is 0.812 bits per heavy atom. The first-order chi connectivity index (χ1) is 23.4. The first-order valence-electron chi connectivity index (χ1n) is 16.9. The van der Waals surface area contributed by atoms with E-state index in [9.17, 15) is 9.18 Å². The van der Waals surface area contributed by atoms with Crippen LogP contribution in [0.4, 0.5) is 15.8 Å². The Bertz CT molecular complexity index is 1820. The van der Waals surface area contributed by atoms with Gasteiger partial charge in [0.1, 0.15) is 11.6 Å². The van der Waals surface area contributed by atoms with Crippen LogP contribution < -0.4 is 16.2 Å². The summed E-state index contributed by atoms with van der Waals surface area (Å²) in [5.74, 6) is 1.83. The van der Waals surface area contributed by atoms with Gasteiger partial charge in [-0.15, -0.1) is 0 Å². The number of halogens is 1. The second-order valence-electron chi connectivity index (χ2n) is 13.0. The molecule has 0 saturated heterocycles. The summed E-state index contributed by atoms with van der Waals surface area (Å²) in [4.78, 5) is 20.5. The topological polar surface area (TPSA) is 82.6 Å². The Morgan fingerprint density at radius 3 is 1.98 bits per heavy atom. The van der Waals surface area contributed by atoms with E-state index in [0.29, 0.717) is 35.9 Å². The van der Waals surface area contributed by atoms with Crippen LogP contribution in [0.25, 0.3) is 10.9 Å². The van der Waals surface area contributed by atoms with Crippen LogP contribution in [0.2, 0.25) is 0 Å². The molecule has 1 aromatic heterocycles. The van der Waals surface area contributed by atoms with Crippen molar-refractivity contribution >= 4 is 22.3 Å². The molecule has 2 aliphatic rings. The van der Waals surface area contributed by atoms with Gasteiger partial charge in [0.25, 0.3) is 5.56 Å². The van der Waals surface area contributed by atoms with Gasteiger partial charge in [0, 0.05) is 31.6 Å². The summed E-state index contributed by atoms with van der Waals surface area (Å²) in [6, 6.07) is 31.8. The number of aryl methyl sites for hydroxylation is 1. The summed E-state index contributed by atoms with van der Waals surface area (Å²) in [7, 11) is 1.90. The molecular formula is C40H45FN4O3. The zero-order valence-electron chi connectivity index (χ0n) is 27.8. The second kappa shape index (κ2) is 15.7. The highest BCUT2D eigenvalue weighted by Crippen LogP contribution is 2.31. The molecule has 0 spiro atoms. The number of fused-ring (bicyclic) bond motifs is 1. The normalized spacial score (nSPS) is 15.4. The largest absolute Gasteiger partial charge is 0.379 e. The fraction of sp³-hybridized carbons (Fsp3) is 0.350. The van der Waals surface area contributed by atoms with Crippen LogP contribution in [0, 0.1) is 24.6 Å². The Morgan fingerprint density at radius 2 is 1.38 bits per heavy atom. The molecule has 0 amide bonds. The predicted molar refractivity (Wildman–Crippen MR) is 190 cm³/mol. The van der Waals surface area contributed by atoms with E-state index in [2.05, 4.69) is 0 Å². The van der Waals surface area contributed by atoms with Crippen LogP contribution in [0.3, 0.4) is 0 Å². The molecule has 0 aliphatic heterocycles. The van der Waals surface area contributed by atoms with Gasteiger partial charge < -0.3 is 20.1 Å². The van der Waals surface area contributed by atoms with E-state index in [0.717, 1.165) is 41.6 Å². The van der Waals surface area contributed by atoms with Crippen LogP contribution >= 0.6 is 0 Å². The van der Waals surface area contributed by atoms with Crippen LogP contribution in [0.5, 0.6) is 0 Å². The number of hydrogen-bond acceptors (Lipinski definition) is 6. The Balaban J connectivity index is 0.000000239. The molecule has 7 nitrogen and oxygen atoms in total. The van der Waals surface area contributed by atoms with Gasteiger partial charge >= 0.3 is 0 Å². The lowest BCUT2D eigenvalue weighted by molar-refractivity contribution is 0.102. The van der Waals surface area contributed by atoms with Crippen molar-refractivity contribution in [2.45, 2.75) is 44.7 Å². The lowest BCUT2D eigenvalue weighted by Gasteiger charge is -2.24. The lowest BCUT2D eigenvalue weighted by Crippen LogP contribution is -2.31. The molecule has 2 atom stereocenters. The summed E-state index contributed by atoms with van der Waals surface area (Å²) in [6.07, 6.45) is 5.11. The number of ether oxygens (including phenoxy) is 2. The van der Waals surface area contributed by atoms with Crippen molar-refractivity contribution in [1.29, 1.82) is 0 Å². The highest BCUT2D eigenvalue weighted by atomic mass is 19.1. The van der Waals surface area contributed by atoms with Gasteiger partial charge in [0.2, 0.25) is 0 Å². The Hall–Kier alpha value is -4.37. The van der Waals surface area contributed by atoms with E-state index < -0.39 is 0 Å². The third-order valence-electron chi connectivity index (χ3n) is 9.06. The minimum absolute atomic E-state index is 0.0231. The zero-order valence-corrected chi connectivity index (χ0v) is 27.8.